The van der Waals surface area contributed by atoms with Crippen LogP contribution in [0.25, 0.3) is 0 Å². The molecule has 1 fully saturated rings. The van der Waals surface area contributed by atoms with Crippen LogP contribution in [-0.2, 0) is 0 Å². The van der Waals surface area contributed by atoms with Gasteiger partial charge < -0.3 is 10.2 Å². The number of hydrogen-bond donors (Lipinski definition) is 1. The molecule has 3 rings (SSSR count). The maximum atomic E-state index is 12.3. The summed E-state index contributed by atoms with van der Waals surface area (Å²) in [6, 6.07) is 10.8. The molecular formula is C16H15Cl2N3O. The van der Waals surface area contributed by atoms with Gasteiger partial charge in [-0.3, -0.25) is 4.79 Å². The lowest BCUT2D eigenvalue weighted by Gasteiger charge is -2.18. The Bertz CT molecular complexity index is 678. The normalized spacial score (nSPS) is 17.5. The molecule has 0 aliphatic carbocycles. The standard InChI is InChI=1S/C16H15Cl2N3O/c17-11-4-5-13(14(18)9-11)16(22)20-12-6-8-21(10-12)15-3-1-2-7-19-15/h1-5,7,9,12H,6,8,10H2,(H,20,22)/t12-/m0/s1. The van der Waals surface area contributed by atoms with Gasteiger partial charge in [-0.15, -0.1) is 0 Å². The summed E-state index contributed by atoms with van der Waals surface area (Å²) in [6.45, 7) is 1.62. The zero-order valence-corrected chi connectivity index (χ0v) is 13.3. The third kappa shape index (κ3) is 3.34. The SMILES string of the molecule is O=C(N[C@H]1CCN(c2ccccn2)C1)c1ccc(Cl)cc1Cl. The van der Waals surface area contributed by atoms with Crippen LogP contribution in [0.2, 0.25) is 10.0 Å². The fraction of sp³-hybridized carbons (Fsp3) is 0.250. The Morgan fingerprint density at radius 2 is 2.14 bits per heavy atom. The van der Waals surface area contributed by atoms with Crippen LogP contribution in [-0.4, -0.2) is 30.0 Å². The maximum absolute atomic E-state index is 12.3. The van der Waals surface area contributed by atoms with E-state index >= 15 is 0 Å². The lowest BCUT2D eigenvalue weighted by atomic mass is 10.2. The fourth-order valence-electron chi connectivity index (χ4n) is 2.56. The first kappa shape index (κ1) is 15.1. The number of hydrogen-bond acceptors (Lipinski definition) is 3. The van der Waals surface area contributed by atoms with E-state index < -0.39 is 0 Å². The molecule has 1 aliphatic rings. The molecule has 6 heteroatoms. The molecule has 0 unspecified atom stereocenters. The molecule has 0 bridgehead atoms. The van der Waals surface area contributed by atoms with Crippen LogP contribution < -0.4 is 10.2 Å². The molecule has 114 valence electrons. The minimum atomic E-state index is -0.172. The van der Waals surface area contributed by atoms with E-state index in [1.165, 1.54) is 0 Å². The predicted octanol–water partition coefficient (Wildman–Crippen LogP) is 3.40. The van der Waals surface area contributed by atoms with Crippen LogP contribution in [0.4, 0.5) is 5.82 Å². The van der Waals surface area contributed by atoms with Crippen molar-refractivity contribution in [2.75, 3.05) is 18.0 Å². The first-order valence-electron chi connectivity index (χ1n) is 7.05. The molecule has 1 aromatic heterocycles. The minimum absolute atomic E-state index is 0.0845. The van der Waals surface area contributed by atoms with Gasteiger partial charge in [0.25, 0.3) is 5.91 Å². The number of carbonyl (C=O) groups is 1. The topological polar surface area (TPSA) is 45.2 Å². The molecule has 2 aromatic rings. The molecule has 0 saturated carbocycles. The van der Waals surface area contributed by atoms with E-state index in [1.807, 2.05) is 18.2 Å². The second kappa shape index (κ2) is 6.55. The number of nitrogens with zero attached hydrogens (tertiary/aromatic N) is 2. The second-order valence-electron chi connectivity index (χ2n) is 5.22. The Balaban J connectivity index is 1.64. The minimum Gasteiger partial charge on any atom is -0.354 e. The summed E-state index contributed by atoms with van der Waals surface area (Å²) in [5.41, 5.74) is 0.447. The molecule has 1 amide bonds. The van der Waals surface area contributed by atoms with Gasteiger partial charge in [-0.25, -0.2) is 4.98 Å². The number of halogens is 2. The average Bonchev–Trinajstić information content (AvgIpc) is 2.96. The Morgan fingerprint density at radius 1 is 1.27 bits per heavy atom. The third-order valence-corrected chi connectivity index (χ3v) is 4.22. The van der Waals surface area contributed by atoms with E-state index in [-0.39, 0.29) is 11.9 Å². The summed E-state index contributed by atoms with van der Waals surface area (Å²) < 4.78 is 0. The summed E-state index contributed by atoms with van der Waals surface area (Å²) in [4.78, 5) is 18.8. The fourth-order valence-corrected chi connectivity index (χ4v) is 3.06. The van der Waals surface area contributed by atoms with Gasteiger partial charge in [-0.05, 0) is 36.8 Å². The molecule has 2 heterocycles. The molecule has 0 radical (unpaired) electrons. The highest BCUT2D eigenvalue weighted by Crippen LogP contribution is 2.22. The first-order valence-corrected chi connectivity index (χ1v) is 7.81. The van der Waals surface area contributed by atoms with Crippen molar-refractivity contribution < 1.29 is 4.79 Å². The van der Waals surface area contributed by atoms with Gasteiger partial charge in [0.15, 0.2) is 0 Å². The Hall–Kier alpha value is -1.78. The number of nitrogens with one attached hydrogen (secondary N) is 1. The zero-order valence-electron chi connectivity index (χ0n) is 11.8. The monoisotopic (exact) mass is 335 g/mol. The first-order chi connectivity index (χ1) is 10.6. The van der Waals surface area contributed by atoms with E-state index in [0.717, 1.165) is 25.3 Å². The maximum Gasteiger partial charge on any atom is 0.253 e. The molecule has 1 N–H and O–H groups in total. The van der Waals surface area contributed by atoms with Crippen molar-refractivity contribution in [1.29, 1.82) is 0 Å². The highest BCUT2D eigenvalue weighted by Gasteiger charge is 2.25. The van der Waals surface area contributed by atoms with Crippen molar-refractivity contribution in [3.8, 4) is 0 Å². The number of rotatable bonds is 3. The Labute approximate surface area is 139 Å². The zero-order chi connectivity index (χ0) is 15.5. The molecule has 1 atom stereocenters. The molecular weight excluding hydrogens is 321 g/mol. The van der Waals surface area contributed by atoms with E-state index in [9.17, 15) is 4.79 Å². The van der Waals surface area contributed by atoms with Crippen molar-refractivity contribution in [2.45, 2.75) is 12.5 Å². The molecule has 22 heavy (non-hydrogen) atoms. The molecule has 1 aromatic carbocycles. The highest BCUT2D eigenvalue weighted by molar-refractivity contribution is 6.36. The largest absolute Gasteiger partial charge is 0.354 e. The Morgan fingerprint density at radius 3 is 2.86 bits per heavy atom. The molecule has 1 saturated heterocycles. The average molecular weight is 336 g/mol. The van der Waals surface area contributed by atoms with Gasteiger partial charge in [0, 0.05) is 30.4 Å². The van der Waals surface area contributed by atoms with E-state index in [2.05, 4.69) is 15.2 Å². The lowest BCUT2D eigenvalue weighted by molar-refractivity contribution is 0.0940. The number of anilines is 1. The van der Waals surface area contributed by atoms with Crippen LogP contribution in [0.15, 0.2) is 42.6 Å². The van der Waals surface area contributed by atoms with Crippen molar-refractivity contribution in [3.05, 3.63) is 58.2 Å². The van der Waals surface area contributed by atoms with Crippen LogP contribution in [0.3, 0.4) is 0 Å². The summed E-state index contributed by atoms with van der Waals surface area (Å²) in [6.07, 6.45) is 2.66. The van der Waals surface area contributed by atoms with E-state index in [0.29, 0.717) is 15.6 Å². The highest BCUT2D eigenvalue weighted by atomic mass is 35.5. The van der Waals surface area contributed by atoms with Gasteiger partial charge in [-0.1, -0.05) is 29.3 Å². The number of pyridine rings is 1. The summed E-state index contributed by atoms with van der Waals surface area (Å²) in [7, 11) is 0. The number of amides is 1. The summed E-state index contributed by atoms with van der Waals surface area (Å²) >= 11 is 11.9. The lowest BCUT2D eigenvalue weighted by Crippen LogP contribution is -2.37. The van der Waals surface area contributed by atoms with Gasteiger partial charge in [0.1, 0.15) is 5.82 Å². The van der Waals surface area contributed by atoms with Crippen molar-refractivity contribution in [1.82, 2.24) is 10.3 Å². The van der Waals surface area contributed by atoms with Crippen molar-refractivity contribution in [3.63, 3.8) is 0 Å². The van der Waals surface area contributed by atoms with Gasteiger partial charge >= 0.3 is 0 Å². The molecule has 1 aliphatic heterocycles. The predicted molar refractivity (Wildman–Crippen MR) is 88.8 cm³/mol. The second-order valence-corrected chi connectivity index (χ2v) is 6.06. The third-order valence-electron chi connectivity index (χ3n) is 3.67. The van der Waals surface area contributed by atoms with Gasteiger partial charge in [0.05, 0.1) is 10.6 Å². The summed E-state index contributed by atoms with van der Waals surface area (Å²) in [5.74, 6) is 0.762. The van der Waals surface area contributed by atoms with Crippen molar-refractivity contribution >= 4 is 34.9 Å². The van der Waals surface area contributed by atoms with Gasteiger partial charge in [-0.2, -0.15) is 0 Å². The quantitative estimate of drug-likeness (QED) is 0.934. The van der Waals surface area contributed by atoms with Crippen LogP contribution in [0, 0.1) is 0 Å². The number of benzene rings is 1. The van der Waals surface area contributed by atoms with Crippen LogP contribution >= 0.6 is 23.2 Å². The van der Waals surface area contributed by atoms with Gasteiger partial charge in [0.2, 0.25) is 0 Å². The molecule has 0 spiro atoms. The van der Waals surface area contributed by atoms with Crippen LogP contribution in [0.5, 0.6) is 0 Å². The molecule has 4 nitrogen and oxygen atoms in total. The van der Waals surface area contributed by atoms with E-state index in [1.54, 1.807) is 24.4 Å². The number of aromatic nitrogens is 1. The smallest absolute Gasteiger partial charge is 0.253 e. The Kier molecular flexibility index (Phi) is 4.50. The number of carbonyl (C=O) groups excluding carboxylic acids is 1. The van der Waals surface area contributed by atoms with Crippen LogP contribution in [0.1, 0.15) is 16.8 Å². The van der Waals surface area contributed by atoms with Crippen molar-refractivity contribution in [2.24, 2.45) is 0 Å². The van der Waals surface area contributed by atoms with E-state index in [4.69, 9.17) is 23.2 Å². The summed E-state index contributed by atoms with van der Waals surface area (Å²) in [5, 5.41) is 3.90.